The Hall–Kier alpha value is -2.06. The Morgan fingerprint density at radius 3 is 2.35 bits per heavy atom. The maximum atomic E-state index is 12.9. The van der Waals surface area contributed by atoms with Crippen LogP contribution in [0.3, 0.4) is 0 Å². The molecule has 0 aliphatic carbocycles. The molecule has 2 aliphatic heterocycles. The van der Waals surface area contributed by atoms with Gasteiger partial charge in [0, 0.05) is 24.7 Å². The normalized spacial score (nSPS) is 22.5. The molecule has 2 fully saturated rings. The van der Waals surface area contributed by atoms with Crippen LogP contribution in [-0.2, 0) is 14.0 Å². The second-order valence-electron chi connectivity index (χ2n) is 10.5. The van der Waals surface area contributed by atoms with Gasteiger partial charge in [0.15, 0.2) is 0 Å². The topological polar surface area (TPSA) is 77.1 Å². The lowest BCUT2D eigenvalue weighted by molar-refractivity contribution is 0.00578. The molecule has 1 unspecified atom stereocenters. The van der Waals surface area contributed by atoms with Crippen molar-refractivity contribution in [2.75, 3.05) is 13.1 Å². The van der Waals surface area contributed by atoms with Gasteiger partial charge in [0.05, 0.1) is 11.2 Å². The molecule has 8 heteroatoms. The number of hydrogen-bond acceptors (Lipinski definition) is 5. The maximum absolute atomic E-state index is 12.9. The molecular weight excluding hydrogens is 395 g/mol. The van der Waals surface area contributed by atoms with E-state index in [1.165, 1.54) is 0 Å². The van der Waals surface area contributed by atoms with Crippen LogP contribution < -0.4 is 10.8 Å². The summed E-state index contributed by atoms with van der Waals surface area (Å²) < 4.78 is 17.8. The van der Waals surface area contributed by atoms with E-state index in [-0.39, 0.29) is 18.0 Å². The minimum absolute atomic E-state index is 0.110. The highest BCUT2D eigenvalue weighted by molar-refractivity contribution is 6.62. The number of benzene rings is 1. The van der Waals surface area contributed by atoms with Crippen LogP contribution in [0.2, 0.25) is 0 Å². The predicted molar refractivity (Wildman–Crippen MR) is 121 cm³/mol. The fourth-order valence-corrected chi connectivity index (χ4v) is 3.64. The highest BCUT2D eigenvalue weighted by Gasteiger charge is 2.52. The zero-order valence-electron chi connectivity index (χ0n) is 20.0. The van der Waals surface area contributed by atoms with E-state index in [0.29, 0.717) is 25.1 Å². The van der Waals surface area contributed by atoms with Crippen LogP contribution in [0.4, 0.5) is 4.79 Å². The number of nitrogens with zero attached hydrogens (tertiary/aromatic N) is 1. The van der Waals surface area contributed by atoms with Crippen molar-refractivity contribution < 1.29 is 23.6 Å². The number of aryl methyl sites for hydroxylation is 1. The standard InChI is InChI=1S/C23H35BN2O5/c1-15-9-10-16(13-18(15)24-30-22(5,6)23(7,8)31-24)19(27)25-17-11-12-26(14-17)20(28)29-21(2,3)4/h9-10,13,17H,11-12,14H2,1-8H3,(H,25,27). The molecule has 2 heterocycles. The Labute approximate surface area is 185 Å². The van der Waals surface area contributed by atoms with Gasteiger partial charge in [-0.25, -0.2) is 4.79 Å². The summed E-state index contributed by atoms with van der Waals surface area (Å²) in [6.45, 7) is 16.6. The van der Waals surface area contributed by atoms with Crippen LogP contribution in [0.15, 0.2) is 18.2 Å². The molecule has 2 aliphatic rings. The number of hydrogen-bond donors (Lipinski definition) is 1. The predicted octanol–water partition coefficient (Wildman–Crippen LogP) is 3.03. The number of carbonyl (C=O) groups excluding carboxylic acids is 2. The minimum Gasteiger partial charge on any atom is -0.444 e. The van der Waals surface area contributed by atoms with Crippen molar-refractivity contribution in [1.29, 1.82) is 0 Å². The lowest BCUT2D eigenvalue weighted by atomic mass is 9.75. The van der Waals surface area contributed by atoms with Crippen molar-refractivity contribution in [1.82, 2.24) is 10.2 Å². The molecule has 1 N–H and O–H groups in total. The monoisotopic (exact) mass is 430 g/mol. The van der Waals surface area contributed by atoms with Crippen LogP contribution in [0.1, 0.15) is 70.8 Å². The van der Waals surface area contributed by atoms with E-state index in [4.69, 9.17) is 14.0 Å². The average Bonchev–Trinajstić information content (AvgIpc) is 3.16. The molecule has 7 nitrogen and oxygen atoms in total. The lowest BCUT2D eigenvalue weighted by Crippen LogP contribution is -2.41. The van der Waals surface area contributed by atoms with Gasteiger partial charge in [0.2, 0.25) is 0 Å². The van der Waals surface area contributed by atoms with E-state index >= 15 is 0 Å². The molecule has 1 aromatic rings. The Bertz CT molecular complexity index is 846. The highest BCUT2D eigenvalue weighted by atomic mass is 16.7. The summed E-state index contributed by atoms with van der Waals surface area (Å²) in [7, 11) is -0.521. The Morgan fingerprint density at radius 1 is 1.16 bits per heavy atom. The smallest absolute Gasteiger partial charge is 0.444 e. The Kier molecular flexibility index (Phi) is 6.19. The third kappa shape index (κ3) is 5.23. The van der Waals surface area contributed by atoms with Gasteiger partial charge >= 0.3 is 13.2 Å². The van der Waals surface area contributed by atoms with Gasteiger partial charge in [-0.3, -0.25) is 4.79 Å². The van der Waals surface area contributed by atoms with Gasteiger partial charge in [-0.15, -0.1) is 0 Å². The van der Waals surface area contributed by atoms with Crippen molar-refractivity contribution >= 4 is 24.6 Å². The summed E-state index contributed by atoms with van der Waals surface area (Å²) in [5, 5.41) is 3.04. The van der Waals surface area contributed by atoms with Gasteiger partial charge in [-0.1, -0.05) is 11.6 Å². The van der Waals surface area contributed by atoms with Gasteiger partial charge in [0.1, 0.15) is 5.60 Å². The molecule has 0 aromatic heterocycles. The number of amides is 2. The van der Waals surface area contributed by atoms with Crippen LogP contribution in [0.25, 0.3) is 0 Å². The first kappa shape index (κ1) is 23.6. The van der Waals surface area contributed by atoms with Gasteiger partial charge in [-0.2, -0.15) is 0 Å². The summed E-state index contributed by atoms with van der Waals surface area (Å²) in [4.78, 5) is 26.8. The number of likely N-dealkylation sites (tertiary alicyclic amines) is 1. The first-order valence-electron chi connectivity index (χ1n) is 10.9. The second kappa shape index (κ2) is 8.13. The maximum Gasteiger partial charge on any atom is 0.495 e. The van der Waals surface area contributed by atoms with Crippen molar-refractivity contribution in [2.45, 2.75) is 84.7 Å². The van der Waals surface area contributed by atoms with Crippen LogP contribution in [0, 0.1) is 6.92 Å². The van der Waals surface area contributed by atoms with Crippen molar-refractivity contribution in [3.63, 3.8) is 0 Å². The van der Waals surface area contributed by atoms with E-state index in [0.717, 1.165) is 11.0 Å². The summed E-state index contributed by atoms with van der Waals surface area (Å²) >= 11 is 0. The van der Waals surface area contributed by atoms with E-state index in [9.17, 15) is 9.59 Å². The van der Waals surface area contributed by atoms with Crippen LogP contribution >= 0.6 is 0 Å². The number of carbonyl (C=O) groups is 2. The molecular formula is C23H35BN2O5. The number of nitrogens with one attached hydrogen (secondary N) is 1. The summed E-state index contributed by atoms with van der Waals surface area (Å²) in [5.41, 5.74) is 0.977. The molecule has 0 saturated carbocycles. The fourth-order valence-electron chi connectivity index (χ4n) is 3.64. The highest BCUT2D eigenvalue weighted by Crippen LogP contribution is 2.36. The molecule has 0 bridgehead atoms. The molecule has 2 amide bonds. The van der Waals surface area contributed by atoms with Gasteiger partial charge in [-0.05, 0) is 79.4 Å². The second-order valence-corrected chi connectivity index (χ2v) is 10.5. The average molecular weight is 430 g/mol. The zero-order chi connectivity index (χ0) is 23.2. The molecule has 0 spiro atoms. The fraction of sp³-hybridized carbons (Fsp3) is 0.652. The van der Waals surface area contributed by atoms with Crippen LogP contribution in [0.5, 0.6) is 0 Å². The van der Waals surface area contributed by atoms with E-state index in [1.807, 2.05) is 67.5 Å². The minimum atomic E-state index is -0.537. The molecule has 2 saturated heterocycles. The quantitative estimate of drug-likeness (QED) is 0.746. The van der Waals surface area contributed by atoms with E-state index < -0.39 is 23.9 Å². The lowest BCUT2D eigenvalue weighted by Gasteiger charge is -2.32. The SMILES string of the molecule is Cc1ccc(C(=O)NC2CCN(C(=O)OC(C)(C)C)C2)cc1B1OC(C)(C)C(C)(C)O1. The molecule has 3 rings (SSSR count). The molecule has 1 aromatic carbocycles. The van der Waals surface area contributed by atoms with Gasteiger partial charge < -0.3 is 24.3 Å². The summed E-state index contributed by atoms with van der Waals surface area (Å²) in [6.07, 6.45) is 0.351. The first-order chi connectivity index (χ1) is 14.2. The first-order valence-corrected chi connectivity index (χ1v) is 10.9. The third-order valence-electron chi connectivity index (χ3n) is 6.22. The van der Waals surface area contributed by atoms with Crippen molar-refractivity contribution in [3.8, 4) is 0 Å². The summed E-state index contributed by atoms with van der Waals surface area (Å²) in [6, 6.07) is 5.45. The van der Waals surface area contributed by atoms with E-state index in [1.54, 1.807) is 11.0 Å². The third-order valence-corrected chi connectivity index (χ3v) is 6.22. The number of ether oxygens (including phenoxy) is 1. The Morgan fingerprint density at radius 2 is 1.77 bits per heavy atom. The molecule has 31 heavy (non-hydrogen) atoms. The zero-order valence-corrected chi connectivity index (χ0v) is 20.0. The van der Waals surface area contributed by atoms with E-state index in [2.05, 4.69) is 5.32 Å². The summed E-state index contributed by atoms with van der Waals surface area (Å²) in [5.74, 6) is -0.172. The van der Waals surface area contributed by atoms with Gasteiger partial charge in [0.25, 0.3) is 5.91 Å². The molecule has 170 valence electrons. The van der Waals surface area contributed by atoms with Crippen molar-refractivity contribution in [2.24, 2.45) is 0 Å². The largest absolute Gasteiger partial charge is 0.495 e. The van der Waals surface area contributed by atoms with Crippen molar-refractivity contribution in [3.05, 3.63) is 29.3 Å². The Balaban J connectivity index is 1.66. The van der Waals surface area contributed by atoms with Crippen LogP contribution in [-0.4, -0.2) is 60.0 Å². The number of rotatable bonds is 3. The molecule has 1 atom stereocenters. The molecule has 0 radical (unpaired) electrons.